The first-order chi connectivity index (χ1) is 6.68. The first kappa shape index (κ1) is 9.34. The third kappa shape index (κ3) is 1.55. The first-order valence-electron chi connectivity index (χ1n) is 4.43. The van der Waals surface area contributed by atoms with Gasteiger partial charge in [-0.3, -0.25) is 4.79 Å². The van der Waals surface area contributed by atoms with Crippen molar-refractivity contribution in [2.75, 3.05) is 12.3 Å². The number of anilines is 1. The van der Waals surface area contributed by atoms with Crippen LogP contribution in [0, 0.1) is 0 Å². The Morgan fingerprint density at radius 2 is 2.21 bits per heavy atom. The molecule has 1 aromatic carbocycles. The van der Waals surface area contributed by atoms with Crippen molar-refractivity contribution in [2.45, 2.75) is 12.8 Å². The monoisotopic (exact) mass is 211 g/mol. The summed E-state index contributed by atoms with van der Waals surface area (Å²) in [7, 11) is 0. The Kier molecular flexibility index (Phi) is 2.33. The molecule has 0 aromatic heterocycles. The predicted molar refractivity (Wildman–Crippen MR) is 54.9 cm³/mol. The number of hydrogen-bond donors (Lipinski definition) is 1. The smallest absolute Gasteiger partial charge is 0.166 e. The van der Waals surface area contributed by atoms with E-state index in [0.717, 1.165) is 6.42 Å². The molecule has 0 saturated heterocycles. The van der Waals surface area contributed by atoms with Crippen LogP contribution in [0.5, 0.6) is 5.75 Å². The quantitative estimate of drug-likeness (QED) is 0.670. The third-order valence-corrected chi connectivity index (χ3v) is 2.40. The zero-order chi connectivity index (χ0) is 10.1. The van der Waals surface area contributed by atoms with Gasteiger partial charge < -0.3 is 10.5 Å². The molecule has 0 fully saturated rings. The van der Waals surface area contributed by atoms with Crippen LogP contribution in [0.1, 0.15) is 23.2 Å². The van der Waals surface area contributed by atoms with Gasteiger partial charge in [0.1, 0.15) is 0 Å². The van der Waals surface area contributed by atoms with Crippen LogP contribution in [0.25, 0.3) is 0 Å². The summed E-state index contributed by atoms with van der Waals surface area (Å²) in [6.07, 6.45) is 1.22. The molecule has 1 aliphatic heterocycles. The highest BCUT2D eigenvalue weighted by molar-refractivity contribution is 6.31. The number of ether oxygens (including phenoxy) is 1. The largest absolute Gasteiger partial charge is 0.491 e. The van der Waals surface area contributed by atoms with E-state index in [9.17, 15) is 4.79 Å². The maximum atomic E-state index is 11.6. The van der Waals surface area contributed by atoms with E-state index < -0.39 is 0 Å². The molecule has 2 N–H and O–H groups in total. The van der Waals surface area contributed by atoms with Gasteiger partial charge in [-0.25, -0.2) is 0 Å². The minimum absolute atomic E-state index is 0.0479. The molecule has 14 heavy (non-hydrogen) atoms. The predicted octanol–water partition coefficient (Wildman–Crippen LogP) is 2.28. The Bertz CT molecular complexity index is 390. The summed E-state index contributed by atoms with van der Waals surface area (Å²) in [5, 5.41) is 0.472. The van der Waals surface area contributed by atoms with Crippen molar-refractivity contribution < 1.29 is 9.53 Å². The highest BCUT2D eigenvalue weighted by Gasteiger charge is 2.19. The van der Waals surface area contributed by atoms with Gasteiger partial charge in [-0.2, -0.15) is 0 Å². The highest BCUT2D eigenvalue weighted by Crippen LogP contribution is 2.33. The lowest BCUT2D eigenvalue weighted by molar-refractivity contribution is 0.0983. The van der Waals surface area contributed by atoms with E-state index in [1.54, 1.807) is 12.1 Å². The van der Waals surface area contributed by atoms with E-state index in [2.05, 4.69) is 0 Å². The molecular weight excluding hydrogens is 202 g/mol. The van der Waals surface area contributed by atoms with Gasteiger partial charge in [0.2, 0.25) is 0 Å². The molecule has 0 radical (unpaired) electrons. The van der Waals surface area contributed by atoms with Crippen LogP contribution in [0.3, 0.4) is 0 Å². The number of benzene rings is 1. The normalized spacial score (nSPS) is 15.6. The third-order valence-electron chi connectivity index (χ3n) is 2.18. The van der Waals surface area contributed by atoms with E-state index in [-0.39, 0.29) is 5.78 Å². The van der Waals surface area contributed by atoms with Crippen molar-refractivity contribution in [3.63, 3.8) is 0 Å². The van der Waals surface area contributed by atoms with Gasteiger partial charge in [0, 0.05) is 11.4 Å². The molecule has 1 aromatic rings. The van der Waals surface area contributed by atoms with Gasteiger partial charge in [-0.1, -0.05) is 11.6 Å². The van der Waals surface area contributed by atoms with E-state index in [4.69, 9.17) is 22.1 Å². The fourth-order valence-electron chi connectivity index (χ4n) is 1.52. The Hall–Kier alpha value is -1.22. The van der Waals surface area contributed by atoms with Crippen LogP contribution >= 0.6 is 11.6 Å². The van der Waals surface area contributed by atoms with E-state index in [0.29, 0.717) is 35.1 Å². The zero-order valence-electron chi connectivity index (χ0n) is 7.55. The molecule has 0 amide bonds. The van der Waals surface area contributed by atoms with E-state index >= 15 is 0 Å². The van der Waals surface area contributed by atoms with Crippen LogP contribution in [0.4, 0.5) is 5.69 Å². The second kappa shape index (κ2) is 3.50. The number of nitrogens with two attached hydrogens (primary N) is 1. The second-order valence-corrected chi connectivity index (χ2v) is 3.68. The molecule has 0 spiro atoms. The molecule has 74 valence electrons. The van der Waals surface area contributed by atoms with Gasteiger partial charge in [0.15, 0.2) is 11.5 Å². The lowest BCUT2D eigenvalue weighted by Crippen LogP contribution is -2.01. The number of fused-ring (bicyclic) bond motifs is 1. The number of halogens is 1. The van der Waals surface area contributed by atoms with Crippen molar-refractivity contribution in [2.24, 2.45) is 0 Å². The van der Waals surface area contributed by atoms with Crippen LogP contribution in [0.15, 0.2) is 12.1 Å². The molecule has 0 atom stereocenters. The molecule has 0 bridgehead atoms. The average Bonchev–Trinajstić information content (AvgIpc) is 2.29. The van der Waals surface area contributed by atoms with Crippen LogP contribution < -0.4 is 10.5 Å². The van der Waals surface area contributed by atoms with Crippen LogP contribution in [0.2, 0.25) is 5.02 Å². The van der Waals surface area contributed by atoms with Crippen LogP contribution in [-0.4, -0.2) is 12.4 Å². The Balaban J connectivity index is 2.58. The molecule has 0 unspecified atom stereocenters. The summed E-state index contributed by atoms with van der Waals surface area (Å²) in [6.45, 7) is 0.532. The standard InChI is InChI=1S/C10H10ClNO2/c11-6-4-7-9(13)2-1-3-14-10(7)8(12)5-6/h4-5H,1-3,12H2. The molecular formula is C10H10ClNO2. The molecule has 4 heteroatoms. The number of nitrogen functional groups attached to an aromatic ring is 1. The van der Waals surface area contributed by atoms with Crippen molar-refractivity contribution >= 4 is 23.1 Å². The minimum atomic E-state index is 0.0479. The van der Waals surface area contributed by atoms with Crippen molar-refractivity contribution in [3.05, 3.63) is 22.7 Å². The highest BCUT2D eigenvalue weighted by atomic mass is 35.5. The number of rotatable bonds is 0. The number of carbonyl (C=O) groups is 1. The van der Waals surface area contributed by atoms with E-state index in [1.165, 1.54) is 0 Å². The van der Waals surface area contributed by atoms with Crippen molar-refractivity contribution in [3.8, 4) is 5.75 Å². The molecule has 2 rings (SSSR count). The molecule has 0 aliphatic carbocycles. The molecule has 1 aliphatic rings. The fraction of sp³-hybridized carbons (Fsp3) is 0.300. The van der Waals surface area contributed by atoms with Crippen molar-refractivity contribution in [1.29, 1.82) is 0 Å². The van der Waals surface area contributed by atoms with Crippen LogP contribution in [-0.2, 0) is 0 Å². The van der Waals surface area contributed by atoms with E-state index in [1.807, 2.05) is 0 Å². The van der Waals surface area contributed by atoms with Gasteiger partial charge >= 0.3 is 0 Å². The molecule has 1 heterocycles. The summed E-state index contributed by atoms with van der Waals surface area (Å²) in [4.78, 5) is 11.6. The Morgan fingerprint density at radius 3 is 3.00 bits per heavy atom. The lowest BCUT2D eigenvalue weighted by atomic mass is 10.1. The van der Waals surface area contributed by atoms with Gasteiger partial charge in [0.05, 0.1) is 17.9 Å². The SMILES string of the molecule is Nc1cc(Cl)cc2c1OCCCC2=O. The first-order valence-corrected chi connectivity index (χ1v) is 4.81. The molecule has 3 nitrogen and oxygen atoms in total. The molecule has 0 saturated carbocycles. The Morgan fingerprint density at radius 1 is 1.43 bits per heavy atom. The lowest BCUT2D eigenvalue weighted by Gasteiger charge is -2.09. The summed E-state index contributed by atoms with van der Waals surface area (Å²) >= 11 is 5.81. The Labute approximate surface area is 86.8 Å². The average molecular weight is 212 g/mol. The number of hydrogen-bond acceptors (Lipinski definition) is 3. The number of ketones is 1. The van der Waals surface area contributed by atoms with Gasteiger partial charge in [0.25, 0.3) is 0 Å². The summed E-state index contributed by atoms with van der Waals surface area (Å²) in [5.41, 5.74) is 6.65. The number of carbonyl (C=O) groups excluding carboxylic acids is 1. The summed E-state index contributed by atoms with van der Waals surface area (Å²) in [5.74, 6) is 0.531. The van der Waals surface area contributed by atoms with Crippen molar-refractivity contribution in [1.82, 2.24) is 0 Å². The van der Waals surface area contributed by atoms with Gasteiger partial charge in [-0.15, -0.1) is 0 Å². The topological polar surface area (TPSA) is 52.3 Å². The second-order valence-electron chi connectivity index (χ2n) is 3.25. The summed E-state index contributed by atoms with van der Waals surface area (Å²) < 4.78 is 5.40. The minimum Gasteiger partial charge on any atom is -0.491 e. The summed E-state index contributed by atoms with van der Waals surface area (Å²) in [6, 6.07) is 3.21. The fourth-order valence-corrected chi connectivity index (χ4v) is 1.75. The zero-order valence-corrected chi connectivity index (χ0v) is 8.30. The maximum Gasteiger partial charge on any atom is 0.166 e. The van der Waals surface area contributed by atoms with Gasteiger partial charge in [-0.05, 0) is 18.6 Å². The maximum absolute atomic E-state index is 11.6. The number of Topliss-reactive ketones (excluding diaryl/α,β-unsaturated/α-hetero) is 1.